The van der Waals surface area contributed by atoms with Crippen LogP contribution < -0.4 is 9.47 Å². The molecule has 19 heteroatoms. The van der Waals surface area contributed by atoms with E-state index in [1.807, 2.05) is 84.9 Å². The second-order valence-corrected chi connectivity index (χ2v) is 21.4. The molecule has 0 spiro atoms. The zero-order chi connectivity index (χ0) is 56.5. The minimum Gasteiger partial charge on any atom is -0.502 e. The number of esters is 1. The van der Waals surface area contributed by atoms with Crippen molar-refractivity contribution in [3.8, 4) is 57.2 Å². The van der Waals surface area contributed by atoms with Crippen LogP contribution in [0.5, 0.6) is 11.5 Å². The van der Waals surface area contributed by atoms with Crippen molar-refractivity contribution < 1.29 is 52.2 Å². The smallest absolute Gasteiger partial charge is 0.411 e. The van der Waals surface area contributed by atoms with Gasteiger partial charge in [0.25, 0.3) is 11.8 Å². The van der Waals surface area contributed by atoms with Gasteiger partial charge in [-0.25, -0.2) is 19.3 Å². The van der Waals surface area contributed by atoms with Crippen LogP contribution >= 0.6 is 0 Å². The Labute approximate surface area is 455 Å². The zero-order valence-electron chi connectivity index (χ0n) is 46.2. The van der Waals surface area contributed by atoms with E-state index in [-0.39, 0.29) is 43.8 Å². The number of hydrogen-bond acceptors (Lipinski definition) is 15. The van der Waals surface area contributed by atoms with Crippen LogP contribution in [0, 0.1) is 13.1 Å². The molecule has 8 rings (SSSR count). The lowest BCUT2D eigenvalue weighted by Gasteiger charge is -2.37. The van der Waals surface area contributed by atoms with Crippen LogP contribution in [0.4, 0.5) is 21.0 Å². The lowest BCUT2D eigenvalue weighted by atomic mass is 9.84. The van der Waals surface area contributed by atoms with Gasteiger partial charge < -0.3 is 37.8 Å². The SMILES string of the molecule is [C-]#[N+]c1cc(-c2nc(-c3cccc4c3CCC[C@@H]4N(CC(=O)OC)C(=O)OC(C)(C)C)no2)ccc1OC(C)C.[C-]#[N+]c1cc(-c2nc(-c3cccc4c3CCC[C@@H]4N(CCO)C(=O)OC(C)(C)C)no2)ccc1OC(C)C. The number of rotatable bonds is 14. The zero-order valence-corrected chi connectivity index (χ0v) is 46.2. The highest BCUT2D eigenvalue weighted by atomic mass is 16.6. The molecule has 78 heavy (non-hydrogen) atoms. The largest absolute Gasteiger partial charge is 0.502 e. The van der Waals surface area contributed by atoms with Crippen molar-refractivity contribution in [1.82, 2.24) is 30.1 Å². The number of fused-ring (bicyclic) bond motifs is 2. The predicted octanol–water partition coefficient (Wildman–Crippen LogP) is 12.9. The van der Waals surface area contributed by atoms with E-state index in [1.165, 1.54) is 12.0 Å². The Morgan fingerprint density at radius 3 is 1.51 bits per heavy atom. The summed E-state index contributed by atoms with van der Waals surface area (Å²) in [5, 5.41) is 18.2. The summed E-state index contributed by atoms with van der Waals surface area (Å²) in [7, 11) is 1.29. The average Bonchev–Trinajstić information content (AvgIpc) is 4.11. The standard InChI is InChI=1S/C30H34N4O6.C29H34N4O5/c1-18(2)38-25-15-14-19(16-23(25)31-6)28-32-27(33-40-28)22-12-8-11-21-20(22)10-9-13-24(21)34(17-26(35)37-7)29(36)39-30(3,4)5;1-18(2)36-25-14-13-19(17-23(25)30-6)27-31-26(32-38-27)22-11-7-10-21-20(22)9-8-12-24(21)33(15-16-34)28(35)37-29(3,4)5/h8,11-12,14-16,18,24H,9-10,13,17H2,1-5,7H3;7,10-11,13-14,17-18,24,34H,8-9,12,15-16H2,1-5H3/t2*24-/m00/s1. The van der Waals surface area contributed by atoms with E-state index >= 15 is 0 Å². The molecule has 19 nitrogen and oxygen atoms in total. The molecule has 2 heterocycles. The van der Waals surface area contributed by atoms with Gasteiger partial charge in [-0.2, -0.15) is 9.97 Å². The van der Waals surface area contributed by atoms with Crippen LogP contribution in [0.25, 0.3) is 55.4 Å². The molecule has 1 N–H and O–H groups in total. The van der Waals surface area contributed by atoms with Crippen LogP contribution in [0.1, 0.15) is 129 Å². The second-order valence-electron chi connectivity index (χ2n) is 21.4. The van der Waals surface area contributed by atoms with Gasteiger partial charge in [0.1, 0.15) is 29.2 Å². The number of nitrogens with zero attached hydrogens (tertiary/aromatic N) is 8. The molecular formula is C59H68N8O11. The van der Waals surface area contributed by atoms with Crippen molar-refractivity contribution in [2.24, 2.45) is 0 Å². The molecule has 410 valence electrons. The quantitative estimate of drug-likeness (QED) is 0.0611. The van der Waals surface area contributed by atoms with Crippen molar-refractivity contribution in [1.29, 1.82) is 0 Å². The maximum absolute atomic E-state index is 13.2. The van der Waals surface area contributed by atoms with Gasteiger partial charge in [0, 0.05) is 28.8 Å². The minimum atomic E-state index is -0.724. The number of amides is 2. The van der Waals surface area contributed by atoms with Gasteiger partial charge in [-0.1, -0.05) is 46.7 Å². The van der Waals surface area contributed by atoms with Crippen molar-refractivity contribution in [2.75, 3.05) is 26.8 Å². The van der Waals surface area contributed by atoms with Gasteiger partial charge in [-0.3, -0.25) is 14.6 Å². The fourth-order valence-electron chi connectivity index (χ4n) is 9.43. The minimum absolute atomic E-state index is 0.0481. The Kier molecular flexibility index (Phi) is 18.3. The number of benzene rings is 4. The van der Waals surface area contributed by atoms with Gasteiger partial charge in [0.05, 0.1) is 51.2 Å². The highest BCUT2D eigenvalue weighted by molar-refractivity contribution is 5.79. The summed E-state index contributed by atoms with van der Waals surface area (Å²) < 4.78 is 38.8. The van der Waals surface area contributed by atoms with Gasteiger partial charge in [-0.05, 0) is 166 Å². The first-order valence-electron chi connectivity index (χ1n) is 26.1. The molecule has 2 amide bonds. The molecule has 6 aromatic rings. The predicted molar refractivity (Wildman–Crippen MR) is 291 cm³/mol. The fourth-order valence-corrected chi connectivity index (χ4v) is 9.43. The summed E-state index contributed by atoms with van der Waals surface area (Å²) in [6.45, 7) is 33.3. The van der Waals surface area contributed by atoms with Crippen LogP contribution in [0.2, 0.25) is 0 Å². The summed E-state index contributed by atoms with van der Waals surface area (Å²) in [6.07, 6.45) is 3.47. The Bertz CT molecular complexity index is 3190. The summed E-state index contributed by atoms with van der Waals surface area (Å²) in [4.78, 5) is 58.0. The second kappa shape index (κ2) is 24.8. The number of aromatic nitrogens is 4. The van der Waals surface area contributed by atoms with Gasteiger partial charge in [0.2, 0.25) is 23.0 Å². The summed E-state index contributed by atoms with van der Waals surface area (Å²) in [6, 6.07) is 21.4. The first-order chi connectivity index (χ1) is 37.1. The Morgan fingerprint density at radius 1 is 0.679 bits per heavy atom. The number of carbonyl (C=O) groups excluding carboxylic acids is 3. The summed E-state index contributed by atoms with van der Waals surface area (Å²) in [5.41, 5.74) is 6.14. The topological polar surface area (TPSA) is 211 Å². The highest BCUT2D eigenvalue weighted by Gasteiger charge is 2.36. The van der Waals surface area contributed by atoms with Gasteiger partial charge in [0.15, 0.2) is 0 Å². The maximum Gasteiger partial charge on any atom is 0.411 e. The lowest BCUT2D eigenvalue weighted by Crippen LogP contribution is -2.43. The van der Waals surface area contributed by atoms with Crippen LogP contribution in [-0.2, 0) is 31.8 Å². The average molecular weight is 1070 g/mol. The van der Waals surface area contributed by atoms with Crippen LogP contribution in [0.3, 0.4) is 0 Å². The molecular weight excluding hydrogens is 997 g/mol. The molecule has 0 unspecified atom stereocenters. The number of carbonyl (C=O) groups is 3. The molecule has 4 aromatic carbocycles. The number of aliphatic hydroxyl groups is 1. The highest BCUT2D eigenvalue weighted by Crippen LogP contribution is 2.42. The molecule has 0 aliphatic heterocycles. The lowest BCUT2D eigenvalue weighted by molar-refractivity contribution is -0.142. The molecule has 2 aromatic heterocycles. The van der Waals surface area contributed by atoms with Gasteiger partial charge in [-0.15, -0.1) is 0 Å². The van der Waals surface area contributed by atoms with Crippen molar-refractivity contribution in [2.45, 2.75) is 143 Å². The van der Waals surface area contributed by atoms with E-state index in [4.69, 9.17) is 45.9 Å². The van der Waals surface area contributed by atoms with Gasteiger partial charge >= 0.3 is 18.2 Å². The summed E-state index contributed by atoms with van der Waals surface area (Å²) >= 11 is 0. The molecule has 0 bridgehead atoms. The van der Waals surface area contributed by atoms with E-state index in [0.29, 0.717) is 58.0 Å². The molecule has 2 atom stereocenters. The third kappa shape index (κ3) is 14.0. The molecule has 0 fully saturated rings. The van der Waals surface area contributed by atoms with Crippen molar-refractivity contribution in [3.05, 3.63) is 118 Å². The van der Waals surface area contributed by atoms with E-state index in [2.05, 4.69) is 30.0 Å². The van der Waals surface area contributed by atoms with E-state index in [1.54, 1.807) is 62.1 Å². The third-order valence-electron chi connectivity index (χ3n) is 12.5. The molecule has 0 saturated heterocycles. The van der Waals surface area contributed by atoms with E-state index in [9.17, 15) is 19.5 Å². The Hall–Kier alpha value is -8.29. The maximum atomic E-state index is 13.2. The van der Waals surface area contributed by atoms with Crippen molar-refractivity contribution >= 4 is 29.5 Å². The molecule has 2 aliphatic rings. The van der Waals surface area contributed by atoms with E-state index in [0.717, 1.165) is 65.5 Å². The molecule has 0 radical (unpaired) electrons. The Balaban J connectivity index is 0.000000226. The summed E-state index contributed by atoms with van der Waals surface area (Å²) in [5.74, 6) is 1.91. The monoisotopic (exact) mass is 1060 g/mol. The number of methoxy groups -OCH3 is 1. The van der Waals surface area contributed by atoms with E-state index < -0.39 is 35.4 Å². The van der Waals surface area contributed by atoms with Crippen LogP contribution in [-0.4, -0.2) is 104 Å². The Morgan fingerprint density at radius 2 is 1.12 bits per heavy atom. The normalized spacial score (nSPS) is 14.9. The first kappa shape index (κ1) is 57.4. The molecule has 2 aliphatic carbocycles. The third-order valence-corrected chi connectivity index (χ3v) is 12.5. The molecule has 0 saturated carbocycles. The number of ether oxygens (including phenoxy) is 5. The van der Waals surface area contributed by atoms with Crippen molar-refractivity contribution in [3.63, 3.8) is 0 Å². The van der Waals surface area contributed by atoms with Crippen LogP contribution in [0.15, 0.2) is 81.8 Å². The first-order valence-corrected chi connectivity index (χ1v) is 26.1. The number of aliphatic hydroxyl groups excluding tert-OH is 1. The number of hydrogen-bond donors (Lipinski definition) is 1. The fraction of sp³-hybridized carbons (Fsp3) is 0.441.